The van der Waals surface area contributed by atoms with Gasteiger partial charge in [0.1, 0.15) is 0 Å². The minimum absolute atomic E-state index is 0. The van der Waals surface area contributed by atoms with Crippen LogP contribution >= 0.6 is 37.2 Å². The molecule has 1 aliphatic rings. The van der Waals surface area contributed by atoms with Gasteiger partial charge >= 0.3 is 0 Å². The van der Waals surface area contributed by atoms with Crippen molar-refractivity contribution in [3.63, 3.8) is 0 Å². The van der Waals surface area contributed by atoms with Crippen LogP contribution in [0.1, 0.15) is 38.8 Å². The maximum Gasteiger partial charge on any atom is 0.154 e. The minimum Gasteiger partial charge on any atom is -0.266 e. The van der Waals surface area contributed by atoms with Gasteiger partial charge in [-0.1, -0.05) is 170 Å². The average molecular weight is 710 g/mol. The zero-order valence-corrected chi connectivity index (χ0v) is 34.7. The zero-order chi connectivity index (χ0) is 28.4. The Morgan fingerprint density at radius 1 is 0.571 bits per heavy atom. The van der Waals surface area contributed by atoms with Crippen molar-refractivity contribution in [2.24, 2.45) is 5.92 Å². The molecule has 0 aliphatic heterocycles. The molecule has 3 aromatic carbocycles. The summed E-state index contributed by atoms with van der Waals surface area (Å²) in [5.41, 5.74) is 6.97. The molecule has 0 N–H and O–H groups in total. The Bertz CT molecular complexity index is 1260. The Balaban J connectivity index is 0. The minimum atomic E-state index is -1.28. The van der Waals surface area contributed by atoms with Crippen LogP contribution in [0.15, 0.2) is 83.4 Å². The molecule has 3 aromatic rings. The van der Waals surface area contributed by atoms with Gasteiger partial charge in [-0.05, 0) is 13.8 Å². The molecular weight excluding hydrogens is 659 g/mol. The topological polar surface area (TPSA) is 0 Å². The van der Waals surface area contributed by atoms with E-state index in [4.69, 9.17) is 0 Å². The summed E-state index contributed by atoms with van der Waals surface area (Å²) in [4.78, 5) is 0. The van der Waals surface area contributed by atoms with Gasteiger partial charge in [0, 0.05) is 21.7 Å². The first kappa shape index (κ1) is 43.5. The van der Waals surface area contributed by atoms with Gasteiger partial charge in [0.25, 0.3) is 0 Å². The fraction of sp³-hybridized carbons (Fsp3) is 0.371. The molecule has 1 unspecified atom stereocenters. The number of aryl methyl sites for hydroxylation is 2. The van der Waals surface area contributed by atoms with Gasteiger partial charge in [-0.25, -0.2) is 5.57 Å². The van der Waals surface area contributed by atoms with Gasteiger partial charge in [0.05, 0.1) is 16.1 Å². The van der Waals surface area contributed by atoms with Gasteiger partial charge in [-0.15, -0.1) is 44.1 Å². The normalized spacial score (nSPS) is 14.4. The Morgan fingerprint density at radius 3 is 1.17 bits per heavy atom. The van der Waals surface area contributed by atoms with Crippen molar-refractivity contribution in [2.75, 3.05) is 0 Å². The Kier molecular flexibility index (Phi) is 18.4. The predicted molar refractivity (Wildman–Crippen MR) is 201 cm³/mol. The first-order valence-electron chi connectivity index (χ1n) is 14.0. The summed E-state index contributed by atoms with van der Waals surface area (Å²) in [6.45, 7) is 27.7. The summed E-state index contributed by atoms with van der Waals surface area (Å²) < 4.78 is 0. The van der Waals surface area contributed by atoms with Crippen LogP contribution in [-0.2, 0) is 21.7 Å². The summed E-state index contributed by atoms with van der Waals surface area (Å²) in [6, 6.07) is 26.3. The van der Waals surface area contributed by atoms with E-state index in [1.807, 2.05) is 0 Å². The molecule has 0 heterocycles. The van der Waals surface area contributed by atoms with Gasteiger partial charge in [0.15, 0.2) is 8.80 Å². The number of allylic oxidation sites excluding steroid dienone is 4. The number of rotatable bonds is 5. The zero-order valence-electron chi connectivity index (χ0n) is 27.7. The Hall–Kier alpha value is -0.625. The monoisotopic (exact) mass is 708 g/mol. The second kappa shape index (κ2) is 17.8. The molecule has 0 fully saturated rings. The van der Waals surface area contributed by atoms with Gasteiger partial charge in [0.2, 0.25) is 0 Å². The van der Waals surface area contributed by atoms with Crippen LogP contribution in [0, 0.1) is 25.8 Å². The summed E-state index contributed by atoms with van der Waals surface area (Å²) in [6.07, 6.45) is 3.36. The van der Waals surface area contributed by atoms with Crippen molar-refractivity contribution in [1.82, 2.24) is 0 Å². The van der Waals surface area contributed by atoms with E-state index < -0.39 is 24.9 Å². The molecule has 4 rings (SSSR count). The molecule has 0 saturated carbocycles. The molecule has 0 aromatic heterocycles. The molecular formula is C35H51Cl3Si3Ti-. The van der Waals surface area contributed by atoms with E-state index in [0.29, 0.717) is 5.92 Å². The van der Waals surface area contributed by atoms with E-state index in [1.54, 1.807) is 0 Å². The predicted octanol–water partition coefficient (Wildman–Crippen LogP) is 7.89. The molecule has 0 spiro atoms. The SMILES string of the molecule is CC1=[C-]C(C)C(C)=C1C.Cc1cc(C)cc([Si](c2ccc([Si](C)(C)C)cc2)c2ccc([Si](C)(C)C)cc2)c1.Cl.Cl.Cl.[Ti]. The van der Waals surface area contributed by atoms with E-state index in [9.17, 15) is 0 Å². The smallest absolute Gasteiger partial charge is 0.154 e. The maximum absolute atomic E-state index is 3.36. The maximum atomic E-state index is 3.36. The number of hydrogen-bond acceptors (Lipinski definition) is 0. The van der Waals surface area contributed by atoms with Gasteiger partial charge in [-0.2, -0.15) is 11.1 Å². The average Bonchev–Trinajstić information content (AvgIpc) is 3.04. The molecule has 0 nitrogen and oxygen atoms in total. The first-order chi connectivity index (χ1) is 17.6. The van der Waals surface area contributed by atoms with E-state index in [1.165, 1.54) is 53.8 Å². The van der Waals surface area contributed by atoms with Crippen LogP contribution in [0.4, 0.5) is 0 Å². The molecule has 1 aliphatic carbocycles. The fourth-order valence-corrected chi connectivity index (χ4v) is 10.1. The van der Waals surface area contributed by atoms with Crippen molar-refractivity contribution < 1.29 is 21.7 Å². The van der Waals surface area contributed by atoms with Crippen LogP contribution in [0.3, 0.4) is 0 Å². The van der Waals surface area contributed by atoms with Gasteiger partial charge in [-0.3, -0.25) is 6.08 Å². The van der Waals surface area contributed by atoms with E-state index in [-0.39, 0.29) is 58.9 Å². The Labute approximate surface area is 295 Å². The number of benzene rings is 3. The molecule has 229 valence electrons. The van der Waals surface area contributed by atoms with E-state index in [0.717, 1.165) is 0 Å². The van der Waals surface area contributed by atoms with Crippen molar-refractivity contribution in [3.8, 4) is 0 Å². The largest absolute Gasteiger partial charge is 0.266 e. The van der Waals surface area contributed by atoms with Gasteiger partial charge < -0.3 is 0 Å². The third kappa shape index (κ3) is 11.4. The van der Waals surface area contributed by atoms with Crippen molar-refractivity contribution in [3.05, 3.63) is 101 Å². The van der Waals surface area contributed by atoms with Crippen LogP contribution in [0.2, 0.25) is 39.3 Å². The molecule has 0 amide bonds. The van der Waals surface area contributed by atoms with Crippen molar-refractivity contribution in [1.29, 1.82) is 0 Å². The number of halogens is 3. The quantitative estimate of drug-likeness (QED) is 0.144. The summed E-state index contributed by atoms with van der Waals surface area (Å²) in [5.74, 6) is 0.560. The first-order valence-corrected chi connectivity index (χ1v) is 22.5. The van der Waals surface area contributed by atoms with E-state index in [2.05, 4.69) is 154 Å². The number of hydrogen-bond donors (Lipinski definition) is 0. The third-order valence-corrected chi connectivity index (χ3v) is 14.6. The van der Waals surface area contributed by atoms with Crippen LogP contribution < -0.4 is 25.9 Å². The second-order valence-electron chi connectivity index (χ2n) is 13.2. The van der Waals surface area contributed by atoms with Crippen LogP contribution in [-0.4, -0.2) is 24.9 Å². The molecule has 1 radical (unpaired) electrons. The second-order valence-corrected chi connectivity index (χ2v) is 25.8. The molecule has 7 heteroatoms. The standard InChI is InChI=1S/C26H35Si3.C9H13.3ClH.Ti/c1-20-17-21(2)19-24(18-20)27(22-9-13-25(14-10-22)28(3,4)5)23-11-15-26(16-12-23)29(6,7)8;1-6-5-7(2)9(4)8(6)3;;;;/h9-19H,1-8H3;6H,1-4H3;3*1H;/q;-1;;;;. The molecule has 1 atom stereocenters. The fourth-order valence-electron chi connectivity index (χ4n) is 5.05. The molecule has 0 saturated heterocycles. The van der Waals surface area contributed by atoms with Crippen LogP contribution in [0.25, 0.3) is 0 Å². The molecule has 42 heavy (non-hydrogen) atoms. The van der Waals surface area contributed by atoms with E-state index >= 15 is 0 Å². The van der Waals surface area contributed by atoms with Crippen molar-refractivity contribution in [2.45, 2.75) is 80.8 Å². The van der Waals surface area contributed by atoms with Crippen LogP contribution in [0.5, 0.6) is 0 Å². The summed E-state index contributed by atoms with van der Waals surface area (Å²) in [7, 11) is -3.57. The third-order valence-electron chi connectivity index (χ3n) is 7.83. The summed E-state index contributed by atoms with van der Waals surface area (Å²) >= 11 is 0. The van der Waals surface area contributed by atoms with Crippen molar-refractivity contribution >= 4 is 88.1 Å². The Morgan fingerprint density at radius 2 is 0.929 bits per heavy atom. The summed E-state index contributed by atoms with van der Waals surface area (Å²) in [5, 5.41) is 7.55. The molecule has 0 bridgehead atoms.